The zero-order valence-corrected chi connectivity index (χ0v) is 28.5. The third-order valence-electron chi connectivity index (χ3n) is 10.2. The molecule has 3 atom stereocenters. The molecule has 16 heteroatoms. The smallest absolute Gasteiger partial charge is 0.319 e. The minimum Gasteiger partial charge on any atom is -0.461 e. The molecule has 0 bridgehead atoms. The lowest BCUT2D eigenvalue weighted by atomic mass is 9.95. The number of hydrogen-bond donors (Lipinski definition) is 0. The molecule has 5 aromatic rings. The summed E-state index contributed by atoms with van der Waals surface area (Å²) in [6.45, 7) is 1.63. The number of alkyl halides is 1. The van der Waals surface area contributed by atoms with Gasteiger partial charge in [0, 0.05) is 74.4 Å². The van der Waals surface area contributed by atoms with E-state index in [1.165, 1.54) is 28.6 Å². The first-order chi connectivity index (χ1) is 24.7. The summed E-state index contributed by atoms with van der Waals surface area (Å²) in [5.41, 5.74) is 0.790. The van der Waals surface area contributed by atoms with Crippen LogP contribution in [0.3, 0.4) is 0 Å². The van der Waals surface area contributed by atoms with Crippen LogP contribution in [0.15, 0.2) is 48.0 Å². The molecule has 3 fully saturated rings. The Bertz CT molecular complexity index is 2210. The summed E-state index contributed by atoms with van der Waals surface area (Å²) < 4.78 is 54.4. The number of anilines is 1. The second-order valence-electron chi connectivity index (χ2n) is 13.2. The average Bonchev–Trinajstić information content (AvgIpc) is 3.93. The molecule has 51 heavy (non-hydrogen) atoms. The number of hydrogen-bond acceptors (Lipinski definition) is 11. The Morgan fingerprint density at radius 2 is 2.08 bits per heavy atom. The van der Waals surface area contributed by atoms with Gasteiger partial charge in [-0.15, -0.1) is 11.3 Å². The van der Waals surface area contributed by atoms with Gasteiger partial charge in [-0.25, -0.2) is 18.2 Å². The van der Waals surface area contributed by atoms with E-state index < -0.39 is 35.3 Å². The molecule has 8 rings (SSSR count). The number of thiazole rings is 1. The van der Waals surface area contributed by atoms with E-state index in [0.717, 1.165) is 30.8 Å². The fourth-order valence-corrected chi connectivity index (χ4v) is 8.35. The van der Waals surface area contributed by atoms with Crippen molar-refractivity contribution in [1.29, 1.82) is 5.26 Å². The highest BCUT2D eigenvalue weighted by Crippen LogP contribution is 2.41. The Hall–Kier alpha value is -5.14. The van der Waals surface area contributed by atoms with E-state index in [1.807, 2.05) is 17.0 Å². The van der Waals surface area contributed by atoms with E-state index in [9.17, 15) is 14.4 Å². The first kappa shape index (κ1) is 33.0. The Morgan fingerprint density at radius 1 is 1.20 bits per heavy atom. The van der Waals surface area contributed by atoms with Crippen molar-refractivity contribution in [2.24, 2.45) is 7.05 Å². The molecule has 0 radical (unpaired) electrons. The van der Waals surface area contributed by atoms with Crippen molar-refractivity contribution in [3.05, 3.63) is 58.8 Å². The Labute approximate surface area is 294 Å². The lowest BCUT2D eigenvalue weighted by Crippen LogP contribution is -2.55. The second-order valence-corrected chi connectivity index (χ2v) is 14.1. The molecule has 1 amide bonds. The van der Waals surface area contributed by atoms with Gasteiger partial charge in [-0.2, -0.15) is 20.3 Å². The third kappa shape index (κ3) is 5.93. The summed E-state index contributed by atoms with van der Waals surface area (Å²) in [7, 11) is 1.77. The molecular formula is C35H33F3N10O2S. The standard InChI is InChI=1S/C35H33F3N10O2S/c1-45-31-21(16-42-45)4-2-5-24(31)29-28(38)30-25(17-41-29)32(44-34(43-30)50-20-35-7-3-10-47(35)18-22(36)15-35)46-11-12-48(23(19-46)6-8-39)33(49)26(37)14-27-40-9-13-51-27/h2,4-5,9,13-14,16-17,22-23H,3,6-7,10-12,15,18-20H2,1H3/b26-14-/t22-,23+,35+/m1/s1. The Balaban J connectivity index is 1.17. The van der Waals surface area contributed by atoms with Crippen molar-refractivity contribution < 1.29 is 22.7 Å². The van der Waals surface area contributed by atoms with Crippen LogP contribution in [0.2, 0.25) is 0 Å². The van der Waals surface area contributed by atoms with Crippen LogP contribution in [0.4, 0.5) is 19.0 Å². The molecule has 0 N–H and O–H groups in total. The number of nitrogens with zero attached hydrogens (tertiary/aromatic N) is 10. The molecule has 7 heterocycles. The number of rotatable bonds is 8. The number of para-hydroxylation sites is 1. The highest BCUT2D eigenvalue weighted by molar-refractivity contribution is 7.10. The highest BCUT2D eigenvalue weighted by atomic mass is 32.1. The number of fused-ring (bicyclic) bond motifs is 3. The summed E-state index contributed by atoms with van der Waals surface area (Å²) in [5, 5.41) is 17.2. The SMILES string of the molecule is Cn1ncc2cccc(-c3ncc4c(N5CCN(C(=O)/C(F)=C/c6nccs6)[C@@H](CC#N)C5)nc(OC[C@@]56CCCN5C[C@H](F)C6)nc4c3F)c21. The number of carbonyl (C=O) groups excluding carboxylic acids is 1. The van der Waals surface area contributed by atoms with Crippen LogP contribution in [0.25, 0.3) is 39.1 Å². The lowest BCUT2D eigenvalue weighted by Gasteiger charge is -2.41. The van der Waals surface area contributed by atoms with Gasteiger partial charge in [0.05, 0.1) is 41.2 Å². The number of halogens is 3. The van der Waals surface area contributed by atoms with E-state index in [0.29, 0.717) is 40.3 Å². The third-order valence-corrected chi connectivity index (χ3v) is 10.9. The molecule has 12 nitrogen and oxygen atoms in total. The zero-order valence-electron chi connectivity index (χ0n) is 27.7. The van der Waals surface area contributed by atoms with Gasteiger partial charge in [-0.05, 0) is 19.4 Å². The predicted octanol–water partition coefficient (Wildman–Crippen LogP) is 5.07. The molecule has 0 saturated carbocycles. The average molecular weight is 715 g/mol. The van der Waals surface area contributed by atoms with Crippen LogP contribution in [-0.2, 0) is 11.8 Å². The van der Waals surface area contributed by atoms with Gasteiger partial charge in [0.25, 0.3) is 5.91 Å². The van der Waals surface area contributed by atoms with E-state index in [4.69, 9.17) is 9.72 Å². The van der Waals surface area contributed by atoms with Gasteiger partial charge in [-0.3, -0.25) is 19.4 Å². The second kappa shape index (κ2) is 13.2. The molecular weight excluding hydrogens is 682 g/mol. The number of carbonyl (C=O) groups is 1. The van der Waals surface area contributed by atoms with Crippen molar-refractivity contribution >= 4 is 50.9 Å². The molecule has 0 aliphatic carbocycles. The van der Waals surface area contributed by atoms with Crippen molar-refractivity contribution in [3.8, 4) is 23.3 Å². The van der Waals surface area contributed by atoms with Crippen molar-refractivity contribution in [1.82, 2.24) is 39.5 Å². The maximum absolute atomic E-state index is 16.8. The number of ether oxygens (including phenoxy) is 1. The Kier molecular flexibility index (Phi) is 8.55. The van der Waals surface area contributed by atoms with Crippen molar-refractivity contribution in [2.45, 2.75) is 43.4 Å². The van der Waals surface area contributed by atoms with Gasteiger partial charge < -0.3 is 14.5 Å². The highest BCUT2D eigenvalue weighted by Gasteiger charge is 2.49. The number of benzene rings is 1. The summed E-state index contributed by atoms with van der Waals surface area (Å²) in [6, 6.07) is 6.79. The number of piperazine rings is 1. The largest absolute Gasteiger partial charge is 0.461 e. The van der Waals surface area contributed by atoms with E-state index in [2.05, 4.69) is 31.0 Å². The molecule has 0 spiro atoms. The lowest BCUT2D eigenvalue weighted by molar-refractivity contribution is -0.131. The van der Waals surface area contributed by atoms with Gasteiger partial charge in [0.1, 0.15) is 34.8 Å². The minimum absolute atomic E-state index is 0.0255. The van der Waals surface area contributed by atoms with Gasteiger partial charge in [0.15, 0.2) is 11.6 Å². The van der Waals surface area contributed by atoms with Crippen LogP contribution in [0.5, 0.6) is 6.01 Å². The maximum atomic E-state index is 16.8. The first-order valence-corrected chi connectivity index (χ1v) is 17.6. The van der Waals surface area contributed by atoms with Crippen molar-refractivity contribution in [2.75, 3.05) is 44.2 Å². The summed E-state index contributed by atoms with van der Waals surface area (Å²) in [6.07, 6.45) is 6.81. The number of amides is 1. The molecule has 262 valence electrons. The maximum Gasteiger partial charge on any atom is 0.319 e. The molecule has 0 unspecified atom stereocenters. The van der Waals surface area contributed by atoms with E-state index >= 15 is 8.78 Å². The zero-order chi connectivity index (χ0) is 35.3. The quantitative estimate of drug-likeness (QED) is 0.201. The minimum atomic E-state index is -0.977. The molecule has 3 saturated heterocycles. The van der Waals surface area contributed by atoms with Gasteiger partial charge in [0.2, 0.25) is 0 Å². The number of aryl methyl sites for hydroxylation is 1. The van der Waals surface area contributed by atoms with Crippen molar-refractivity contribution in [3.63, 3.8) is 0 Å². The van der Waals surface area contributed by atoms with Gasteiger partial charge >= 0.3 is 6.01 Å². The van der Waals surface area contributed by atoms with Crippen LogP contribution in [-0.4, -0.2) is 103 Å². The summed E-state index contributed by atoms with van der Waals surface area (Å²) >= 11 is 1.20. The van der Waals surface area contributed by atoms with Crippen LogP contribution >= 0.6 is 11.3 Å². The van der Waals surface area contributed by atoms with Crippen LogP contribution < -0.4 is 9.64 Å². The first-order valence-electron chi connectivity index (χ1n) is 16.7. The number of pyridine rings is 1. The monoisotopic (exact) mass is 714 g/mol. The molecule has 1 aromatic carbocycles. The molecule has 3 aliphatic heterocycles. The van der Waals surface area contributed by atoms with E-state index in [-0.39, 0.29) is 49.9 Å². The van der Waals surface area contributed by atoms with Crippen LogP contribution in [0.1, 0.15) is 30.7 Å². The van der Waals surface area contributed by atoms with Gasteiger partial charge in [-0.1, -0.05) is 18.2 Å². The number of aromatic nitrogens is 6. The summed E-state index contributed by atoms with van der Waals surface area (Å²) in [4.78, 5) is 36.4. The normalized spacial score (nSPS) is 22.5. The fraction of sp³-hybridized carbons (Fsp3) is 0.400. The van der Waals surface area contributed by atoms with E-state index in [1.54, 1.807) is 29.4 Å². The number of nitriles is 1. The molecule has 3 aliphatic rings. The van der Waals surface area contributed by atoms with Crippen LogP contribution in [0, 0.1) is 17.1 Å². The summed E-state index contributed by atoms with van der Waals surface area (Å²) in [5.74, 6) is -2.20. The predicted molar refractivity (Wildman–Crippen MR) is 185 cm³/mol. The topological polar surface area (TPSA) is 129 Å². The Morgan fingerprint density at radius 3 is 2.90 bits per heavy atom. The fourth-order valence-electron chi connectivity index (χ4n) is 7.80. The molecule has 4 aromatic heterocycles.